The topological polar surface area (TPSA) is 91.8 Å². The first-order chi connectivity index (χ1) is 19.9. The van der Waals surface area contributed by atoms with Gasteiger partial charge >= 0.3 is 12.1 Å². The summed E-state index contributed by atoms with van der Waals surface area (Å²) in [5.41, 5.74) is 1.00. The fourth-order valence-electron chi connectivity index (χ4n) is 5.53. The van der Waals surface area contributed by atoms with Crippen molar-refractivity contribution in [3.05, 3.63) is 76.7 Å². The number of alkyl halides is 3. The Labute approximate surface area is 240 Å². The zero-order valence-corrected chi connectivity index (χ0v) is 23.7. The molecule has 1 aromatic heterocycles. The lowest BCUT2D eigenvalue weighted by molar-refractivity contribution is -0.145. The number of rotatable bonds is 11. The molecule has 0 spiro atoms. The second-order valence-corrected chi connectivity index (χ2v) is 12.8. The Morgan fingerprint density at radius 2 is 1.88 bits per heavy atom. The summed E-state index contributed by atoms with van der Waals surface area (Å²) in [5, 5.41) is 0. The molecule has 1 fully saturated rings. The van der Waals surface area contributed by atoms with Crippen LogP contribution in [0.15, 0.2) is 48.7 Å². The third kappa shape index (κ3) is 6.53. The summed E-state index contributed by atoms with van der Waals surface area (Å²) in [6, 6.07) is 9.84. The number of ether oxygens (including phenoxy) is 3. The lowest BCUT2D eigenvalue weighted by Crippen LogP contribution is -2.11. The van der Waals surface area contributed by atoms with Gasteiger partial charge in [0.1, 0.15) is 28.0 Å². The van der Waals surface area contributed by atoms with Crippen molar-refractivity contribution in [1.29, 1.82) is 0 Å². The Bertz CT molecular complexity index is 1610. The number of carbonyl (C=O) groups is 1. The monoisotopic (exact) mass is 607 g/mol. The Hall–Kier alpha value is -3.67. The van der Waals surface area contributed by atoms with E-state index in [1.54, 1.807) is 13.0 Å². The SMILES string of the molecule is CCOC(=O)C1C2Cc3cc(OCc4cc(-c5cnc(OCCCS(C)(=O)=O)cc5C(F)(F)F)ccc4F)ccc3C21. The summed E-state index contributed by atoms with van der Waals surface area (Å²) >= 11 is 0. The molecule has 0 bridgehead atoms. The van der Waals surface area contributed by atoms with Crippen molar-refractivity contribution in [2.75, 3.05) is 25.2 Å². The summed E-state index contributed by atoms with van der Waals surface area (Å²) in [5.74, 6) is -0.546. The highest BCUT2D eigenvalue weighted by molar-refractivity contribution is 7.90. The largest absolute Gasteiger partial charge is 0.489 e. The van der Waals surface area contributed by atoms with Crippen molar-refractivity contribution in [1.82, 2.24) is 4.98 Å². The van der Waals surface area contributed by atoms with Gasteiger partial charge in [0.05, 0.1) is 30.4 Å². The number of pyridine rings is 1. The van der Waals surface area contributed by atoms with Crippen LogP contribution in [0.4, 0.5) is 17.6 Å². The van der Waals surface area contributed by atoms with Gasteiger partial charge in [-0.1, -0.05) is 12.1 Å². The lowest BCUT2D eigenvalue weighted by Gasteiger charge is -2.16. The van der Waals surface area contributed by atoms with Gasteiger partial charge in [0.2, 0.25) is 5.88 Å². The number of aromatic nitrogens is 1. The molecule has 3 unspecified atom stereocenters. The van der Waals surface area contributed by atoms with Gasteiger partial charge in [0.25, 0.3) is 0 Å². The molecule has 12 heteroatoms. The zero-order chi connectivity index (χ0) is 30.2. The summed E-state index contributed by atoms with van der Waals surface area (Å²) in [6.07, 6.45) is -1.88. The minimum absolute atomic E-state index is 0.0625. The predicted octanol–water partition coefficient (Wildman–Crippen LogP) is 5.75. The molecule has 3 atom stereocenters. The molecule has 2 aromatic carbocycles. The number of nitrogens with zero attached hydrogens (tertiary/aromatic N) is 1. The normalized spacial score (nSPS) is 19.1. The quantitative estimate of drug-likeness (QED) is 0.156. The van der Waals surface area contributed by atoms with Crippen LogP contribution in [0.3, 0.4) is 0 Å². The van der Waals surface area contributed by atoms with E-state index in [0.717, 1.165) is 42.1 Å². The van der Waals surface area contributed by atoms with E-state index in [-0.39, 0.29) is 71.7 Å². The number of hydrogen-bond donors (Lipinski definition) is 0. The second kappa shape index (κ2) is 11.5. The van der Waals surface area contributed by atoms with Crippen LogP contribution in [0.1, 0.15) is 41.5 Å². The summed E-state index contributed by atoms with van der Waals surface area (Å²) in [7, 11) is -3.23. The van der Waals surface area contributed by atoms with Crippen molar-refractivity contribution >= 4 is 15.8 Å². The van der Waals surface area contributed by atoms with E-state index in [9.17, 15) is 30.8 Å². The van der Waals surface area contributed by atoms with Gasteiger partial charge in [-0.15, -0.1) is 0 Å². The fourth-order valence-corrected chi connectivity index (χ4v) is 6.17. The van der Waals surface area contributed by atoms with Gasteiger partial charge in [-0.25, -0.2) is 17.8 Å². The van der Waals surface area contributed by atoms with Crippen LogP contribution in [0.5, 0.6) is 11.6 Å². The number of carbonyl (C=O) groups excluding carboxylic acids is 1. The molecule has 42 heavy (non-hydrogen) atoms. The minimum atomic E-state index is -4.76. The van der Waals surface area contributed by atoms with Crippen molar-refractivity contribution in [3.8, 4) is 22.8 Å². The Morgan fingerprint density at radius 3 is 2.60 bits per heavy atom. The van der Waals surface area contributed by atoms with Crippen LogP contribution in [0, 0.1) is 17.7 Å². The van der Waals surface area contributed by atoms with E-state index < -0.39 is 27.4 Å². The molecule has 0 amide bonds. The van der Waals surface area contributed by atoms with Gasteiger partial charge in [-0.3, -0.25) is 4.79 Å². The third-order valence-electron chi connectivity index (χ3n) is 7.50. The highest BCUT2D eigenvalue weighted by Crippen LogP contribution is 2.62. The molecule has 0 radical (unpaired) electrons. The number of fused-ring (bicyclic) bond motifs is 3. The third-order valence-corrected chi connectivity index (χ3v) is 8.53. The number of benzene rings is 2. The van der Waals surface area contributed by atoms with Gasteiger partial charge in [0, 0.05) is 35.6 Å². The van der Waals surface area contributed by atoms with Gasteiger partial charge in [0.15, 0.2) is 0 Å². The molecule has 0 N–H and O–H groups in total. The van der Waals surface area contributed by atoms with Crippen LogP contribution in [-0.4, -0.2) is 44.6 Å². The molecule has 1 heterocycles. The highest BCUT2D eigenvalue weighted by Gasteiger charge is 2.60. The maximum atomic E-state index is 14.7. The molecule has 2 aliphatic carbocycles. The van der Waals surface area contributed by atoms with Crippen molar-refractivity contribution in [2.45, 2.75) is 38.5 Å². The van der Waals surface area contributed by atoms with Crippen molar-refractivity contribution < 1.29 is 45.0 Å². The van der Waals surface area contributed by atoms with E-state index in [1.807, 2.05) is 12.1 Å². The molecule has 1 saturated carbocycles. The molecule has 0 aliphatic heterocycles. The van der Waals surface area contributed by atoms with Crippen LogP contribution >= 0.6 is 0 Å². The molecule has 2 aliphatic rings. The van der Waals surface area contributed by atoms with E-state index in [1.165, 1.54) is 12.1 Å². The smallest absolute Gasteiger partial charge is 0.417 e. The van der Waals surface area contributed by atoms with Crippen molar-refractivity contribution in [3.63, 3.8) is 0 Å². The predicted molar refractivity (Wildman–Crippen MR) is 145 cm³/mol. The first-order valence-electron chi connectivity index (χ1n) is 13.4. The first-order valence-corrected chi connectivity index (χ1v) is 15.5. The van der Waals surface area contributed by atoms with E-state index in [4.69, 9.17) is 14.2 Å². The standard InChI is InChI=1S/C30H29F4NO6S/c1-3-39-29(36)28-22-13-18-12-20(6-7-21(18)27(22)28)41-16-19-11-17(5-8-25(19)31)23-15-35-26(14-24(23)30(32,33)34)40-9-4-10-42(2,37)38/h5-8,11-12,14-15,22,27-28H,3-4,9-10,13,16H2,1-2H3. The Balaban J connectivity index is 1.29. The molecule has 3 aromatic rings. The molecular formula is C30H29F4NO6S. The molecule has 7 nitrogen and oxygen atoms in total. The minimum Gasteiger partial charge on any atom is -0.489 e. The maximum absolute atomic E-state index is 14.7. The van der Waals surface area contributed by atoms with Gasteiger partial charge in [-0.2, -0.15) is 13.2 Å². The van der Waals surface area contributed by atoms with E-state index in [0.29, 0.717) is 12.4 Å². The number of halogens is 4. The molecule has 224 valence electrons. The van der Waals surface area contributed by atoms with E-state index >= 15 is 0 Å². The number of hydrogen-bond acceptors (Lipinski definition) is 7. The van der Waals surface area contributed by atoms with Crippen LogP contribution < -0.4 is 9.47 Å². The fraction of sp³-hybridized carbons (Fsp3) is 0.400. The first kappa shape index (κ1) is 29.8. The maximum Gasteiger partial charge on any atom is 0.417 e. The number of esters is 1. The lowest BCUT2D eigenvalue weighted by atomic mass is 9.99. The Morgan fingerprint density at radius 1 is 1.10 bits per heavy atom. The highest BCUT2D eigenvalue weighted by atomic mass is 32.2. The summed E-state index contributed by atoms with van der Waals surface area (Å²) < 4.78 is 95.3. The zero-order valence-electron chi connectivity index (χ0n) is 22.9. The molecular weight excluding hydrogens is 578 g/mol. The number of sulfone groups is 1. The van der Waals surface area contributed by atoms with Crippen molar-refractivity contribution in [2.24, 2.45) is 11.8 Å². The second-order valence-electron chi connectivity index (χ2n) is 10.5. The summed E-state index contributed by atoms with van der Waals surface area (Å²) in [4.78, 5) is 16.1. The summed E-state index contributed by atoms with van der Waals surface area (Å²) in [6.45, 7) is 1.78. The average Bonchev–Trinajstić information content (AvgIpc) is 3.51. The van der Waals surface area contributed by atoms with Gasteiger partial charge in [-0.05, 0) is 66.6 Å². The van der Waals surface area contributed by atoms with Crippen LogP contribution in [-0.2, 0) is 38.6 Å². The average molecular weight is 608 g/mol. The van der Waals surface area contributed by atoms with Gasteiger partial charge < -0.3 is 14.2 Å². The van der Waals surface area contributed by atoms with E-state index in [2.05, 4.69) is 4.98 Å². The van der Waals surface area contributed by atoms with Crippen LogP contribution in [0.2, 0.25) is 0 Å². The van der Waals surface area contributed by atoms with Crippen LogP contribution in [0.25, 0.3) is 11.1 Å². The molecule has 0 saturated heterocycles. The molecule has 5 rings (SSSR count). The Kier molecular flexibility index (Phi) is 8.19.